The van der Waals surface area contributed by atoms with E-state index in [1.165, 1.54) is 63.3 Å². The van der Waals surface area contributed by atoms with Crippen LogP contribution in [0.5, 0.6) is 0 Å². The van der Waals surface area contributed by atoms with E-state index in [0.717, 1.165) is 34.1 Å². The maximum Gasteiger partial charge on any atom is 0.0735 e. The monoisotopic (exact) mass is 788 g/mol. The van der Waals surface area contributed by atoms with Crippen LogP contribution in [0.1, 0.15) is 22.3 Å². The van der Waals surface area contributed by atoms with Crippen LogP contribution in [0.2, 0.25) is 0 Å². The minimum atomic E-state index is -0.421. The van der Waals surface area contributed by atoms with Crippen LogP contribution in [0.4, 0.5) is 34.1 Å². The summed E-state index contributed by atoms with van der Waals surface area (Å²) in [4.78, 5) is 7.42. The second kappa shape index (κ2) is 13.6. The number of para-hydroxylation sites is 2. The van der Waals surface area contributed by atoms with E-state index in [1.54, 1.807) is 0 Å². The molecule has 9 aromatic carbocycles. The van der Waals surface area contributed by atoms with Crippen molar-refractivity contribution in [3.63, 3.8) is 0 Å². The number of rotatable bonds is 6. The minimum Gasteiger partial charge on any atom is -0.310 e. The molecule has 0 unspecified atom stereocenters. The van der Waals surface area contributed by atoms with Gasteiger partial charge in [0.15, 0.2) is 0 Å². The molecule has 10 aromatic rings. The number of anilines is 6. The maximum atomic E-state index is 2.45. The van der Waals surface area contributed by atoms with E-state index in [1.807, 2.05) is 23.1 Å². The van der Waals surface area contributed by atoms with Crippen LogP contribution < -0.4 is 9.80 Å². The number of benzene rings is 9. The van der Waals surface area contributed by atoms with Gasteiger partial charge in [-0.3, -0.25) is 0 Å². The van der Waals surface area contributed by atoms with E-state index in [0.29, 0.717) is 0 Å². The first-order chi connectivity index (χ1) is 29.3. The SMILES string of the molecule is c1ccc(N(c2ccccc2)c2cccc(N(c3ccc4c(c3)-c3ccccc3C43c4ccccc4Sc4ccccc43)c3ccc4c(c3)sc3ccccc34)c2)cc1. The fourth-order valence-corrected chi connectivity index (χ4v) is 12.0. The van der Waals surface area contributed by atoms with E-state index < -0.39 is 5.41 Å². The molecule has 1 aliphatic carbocycles. The number of thiophene rings is 1. The van der Waals surface area contributed by atoms with Crippen molar-refractivity contribution in [1.82, 2.24) is 0 Å². The molecule has 1 aliphatic heterocycles. The minimum absolute atomic E-state index is 0.421. The number of nitrogens with zero attached hydrogens (tertiary/aromatic N) is 2. The Morgan fingerprint density at radius 2 is 0.797 bits per heavy atom. The van der Waals surface area contributed by atoms with Gasteiger partial charge in [0.05, 0.1) is 5.41 Å². The Kier molecular flexibility index (Phi) is 7.90. The van der Waals surface area contributed by atoms with Crippen LogP contribution in [0.15, 0.2) is 228 Å². The first-order valence-corrected chi connectivity index (χ1v) is 21.7. The van der Waals surface area contributed by atoms with Crippen LogP contribution in [-0.2, 0) is 5.41 Å². The van der Waals surface area contributed by atoms with Crippen LogP contribution in [0.3, 0.4) is 0 Å². The van der Waals surface area contributed by atoms with Gasteiger partial charge in [-0.1, -0.05) is 145 Å². The zero-order valence-corrected chi connectivity index (χ0v) is 33.6. The maximum absolute atomic E-state index is 2.45. The fraction of sp³-hybridized carbons (Fsp3) is 0.0182. The van der Waals surface area contributed by atoms with Gasteiger partial charge in [-0.05, 0) is 118 Å². The van der Waals surface area contributed by atoms with E-state index in [9.17, 15) is 0 Å². The molecular formula is C55H36N2S2. The van der Waals surface area contributed by atoms with Crippen molar-refractivity contribution < 1.29 is 0 Å². The second-order valence-electron chi connectivity index (χ2n) is 15.3. The molecule has 278 valence electrons. The highest BCUT2D eigenvalue weighted by molar-refractivity contribution is 7.99. The summed E-state index contributed by atoms with van der Waals surface area (Å²) >= 11 is 3.75. The van der Waals surface area contributed by atoms with Gasteiger partial charge in [-0.25, -0.2) is 0 Å². The van der Waals surface area contributed by atoms with Crippen LogP contribution >= 0.6 is 23.1 Å². The quantitative estimate of drug-likeness (QED) is 0.166. The Morgan fingerprint density at radius 1 is 0.305 bits per heavy atom. The molecule has 12 rings (SSSR count). The third kappa shape index (κ3) is 5.27. The zero-order valence-electron chi connectivity index (χ0n) is 32.0. The van der Waals surface area contributed by atoms with Gasteiger partial charge in [-0.2, -0.15) is 0 Å². The summed E-state index contributed by atoms with van der Waals surface area (Å²) < 4.78 is 2.58. The predicted molar refractivity (Wildman–Crippen MR) is 250 cm³/mol. The Hall–Kier alpha value is -6.85. The number of hydrogen-bond acceptors (Lipinski definition) is 4. The van der Waals surface area contributed by atoms with Gasteiger partial charge in [0.1, 0.15) is 0 Å². The smallest absolute Gasteiger partial charge is 0.0735 e. The highest BCUT2D eigenvalue weighted by Crippen LogP contribution is 2.62. The summed E-state index contributed by atoms with van der Waals surface area (Å²) in [5.74, 6) is 0. The lowest BCUT2D eigenvalue weighted by Gasteiger charge is -2.39. The largest absolute Gasteiger partial charge is 0.310 e. The van der Waals surface area contributed by atoms with Crippen LogP contribution in [0, 0.1) is 0 Å². The molecule has 2 nitrogen and oxygen atoms in total. The normalized spacial score (nSPS) is 13.2. The average molecular weight is 789 g/mol. The van der Waals surface area contributed by atoms with Gasteiger partial charge >= 0.3 is 0 Å². The lowest BCUT2D eigenvalue weighted by molar-refractivity contribution is 0.722. The Bertz CT molecular complexity index is 3140. The molecule has 0 saturated heterocycles. The van der Waals surface area contributed by atoms with Crippen molar-refractivity contribution in [2.75, 3.05) is 9.80 Å². The first kappa shape index (κ1) is 34.2. The Morgan fingerprint density at radius 3 is 1.51 bits per heavy atom. The molecule has 0 amide bonds. The molecular weight excluding hydrogens is 753 g/mol. The first-order valence-electron chi connectivity index (χ1n) is 20.1. The predicted octanol–water partition coefficient (Wildman–Crippen LogP) is 15.8. The molecule has 4 heteroatoms. The fourth-order valence-electron chi connectivity index (χ4n) is 9.66. The topological polar surface area (TPSA) is 6.48 Å². The molecule has 0 bridgehead atoms. The lowest BCUT2D eigenvalue weighted by Crippen LogP contribution is -2.31. The lowest BCUT2D eigenvalue weighted by atomic mass is 9.67. The van der Waals surface area contributed by atoms with Gasteiger partial charge in [0.25, 0.3) is 0 Å². The van der Waals surface area contributed by atoms with Crippen molar-refractivity contribution in [2.24, 2.45) is 0 Å². The molecule has 0 atom stereocenters. The molecule has 0 N–H and O–H groups in total. The van der Waals surface area contributed by atoms with Gasteiger partial charge in [0, 0.05) is 64.1 Å². The third-order valence-electron chi connectivity index (χ3n) is 12.1. The summed E-state index contributed by atoms with van der Waals surface area (Å²) in [6, 6.07) is 80.4. The second-order valence-corrected chi connectivity index (χ2v) is 17.4. The molecule has 59 heavy (non-hydrogen) atoms. The molecule has 0 radical (unpaired) electrons. The highest BCUT2D eigenvalue weighted by Gasteiger charge is 2.50. The zero-order chi connectivity index (χ0) is 38.9. The number of hydrogen-bond donors (Lipinski definition) is 0. The van der Waals surface area contributed by atoms with E-state index >= 15 is 0 Å². The standard InChI is InChI=1S/C55H36N2S2/c1-3-16-37(17-4-1)56(38-18-5-2-6-19-38)39-20-15-21-40(34-39)57(42-30-32-45-44-23-8-12-27-51(44)58-54(45)36-42)41-31-33-48-46(35-41)43-22-7-9-24-47(43)55(48)49-25-10-13-28-52(49)59-53-29-14-11-26-50(53)55/h1-36H. The Labute approximate surface area is 352 Å². The van der Waals surface area contributed by atoms with Crippen molar-refractivity contribution in [3.05, 3.63) is 241 Å². The van der Waals surface area contributed by atoms with Crippen molar-refractivity contribution in [3.8, 4) is 11.1 Å². The third-order valence-corrected chi connectivity index (χ3v) is 14.4. The highest BCUT2D eigenvalue weighted by atomic mass is 32.2. The molecule has 0 fully saturated rings. The molecule has 2 aliphatic rings. The average Bonchev–Trinajstić information content (AvgIpc) is 3.81. The van der Waals surface area contributed by atoms with Gasteiger partial charge < -0.3 is 9.80 Å². The van der Waals surface area contributed by atoms with Crippen molar-refractivity contribution >= 4 is 77.4 Å². The van der Waals surface area contributed by atoms with E-state index in [4.69, 9.17) is 0 Å². The molecule has 0 saturated carbocycles. The van der Waals surface area contributed by atoms with Crippen molar-refractivity contribution in [2.45, 2.75) is 15.2 Å². The molecule has 1 spiro atoms. The number of fused-ring (bicyclic) bond motifs is 12. The summed E-state index contributed by atoms with van der Waals surface area (Å²) in [6.07, 6.45) is 0. The molecule has 2 heterocycles. The molecule has 1 aromatic heterocycles. The summed E-state index contributed by atoms with van der Waals surface area (Å²) in [5.41, 5.74) is 14.1. The van der Waals surface area contributed by atoms with Gasteiger partial charge in [0.2, 0.25) is 0 Å². The van der Waals surface area contributed by atoms with E-state index in [-0.39, 0.29) is 0 Å². The summed E-state index contributed by atoms with van der Waals surface area (Å²) in [5, 5.41) is 2.60. The summed E-state index contributed by atoms with van der Waals surface area (Å²) in [6.45, 7) is 0. The van der Waals surface area contributed by atoms with Crippen LogP contribution in [-0.4, -0.2) is 0 Å². The summed E-state index contributed by atoms with van der Waals surface area (Å²) in [7, 11) is 0. The van der Waals surface area contributed by atoms with Gasteiger partial charge in [-0.15, -0.1) is 11.3 Å². The Balaban J connectivity index is 1.09. The van der Waals surface area contributed by atoms with Crippen molar-refractivity contribution in [1.29, 1.82) is 0 Å². The van der Waals surface area contributed by atoms with Crippen LogP contribution in [0.25, 0.3) is 31.3 Å². The van der Waals surface area contributed by atoms with E-state index in [2.05, 4.69) is 228 Å².